The molecule has 0 spiro atoms. The number of halogens is 1. The van der Waals surface area contributed by atoms with Crippen molar-refractivity contribution in [1.82, 2.24) is 16.1 Å². The Morgan fingerprint density at radius 1 is 1.00 bits per heavy atom. The highest BCUT2D eigenvalue weighted by atomic mass is 79.9. The fourth-order valence-corrected chi connectivity index (χ4v) is 5.19. The number of nitrogens with one attached hydrogen (secondary N) is 3. The number of amides is 3. The van der Waals surface area contributed by atoms with E-state index in [9.17, 15) is 34.6 Å². The highest BCUT2D eigenvalue weighted by Gasteiger charge is 2.32. The van der Waals surface area contributed by atoms with Gasteiger partial charge in [-0.15, -0.1) is 0 Å². The van der Waals surface area contributed by atoms with Gasteiger partial charge < -0.3 is 34.3 Å². The first-order chi connectivity index (χ1) is 23.9. The lowest BCUT2D eigenvalue weighted by Gasteiger charge is -2.28. The number of allylic oxidation sites excluding steroid dienone is 1. The Morgan fingerprint density at radius 3 is 2.40 bits per heavy atom. The van der Waals surface area contributed by atoms with Crippen LogP contribution in [0.2, 0.25) is 0 Å². The average Bonchev–Trinajstić information content (AvgIpc) is 3.08. The van der Waals surface area contributed by atoms with Gasteiger partial charge in [-0.3, -0.25) is 25.0 Å². The van der Waals surface area contributed by atoms with Crippen molar-refractivity contribution in [2.45, 2.75) is 19.9 Å². The normalized spacial score (nSPS) is 13.9. The first kappa shape index (κ1) is 36.6. The van der Waals surface area contributed by atoms with E-state index < -0.39 is 51.8 Å². The molecule has 0 saturated carbocycles. The fraction of sp³-hybridized carbons (Fsp3) is 0.226. The molecule has 1 aliphatic rings. The number of nitrogens with zero attached hydrogens (tertiary/aromatic N) is 3. The predicted molar refractivity (Wildman–Crippen MR) is 178 cm³/mol. The van der Waals surface area contributed by atoms with Crippen LogP contribution in [0, 0.1) is 20.2 Å². The van der Waals surface area contributed by atoms with Gasteiger partial charge in [0.15, 0.2) is 29.6 Å². The molecule has 18 nitrogen and oxygen atoms in total. The van der Waals surface area contributed by atoms with Crippen molar-refractivity contribution in [3.8, 4) is 28.7 Å². The summed E-state index contributed by atoms with van der Waals surface area (Å²) in [5.41, 5.74) is 2.71. The Morgan fingerprint density at radius 2 is 1.74 bits per heavy atom. The van der Waals surface area contributed by atoms with Crippen molar-refractivity contribution in [3.63, 3.8) is 0 Å². The number of rotatable bonds is 14. The monoisotopic (exact) mass is 756 g/mol. The number of carbonyl (C=O) groups is 3. The minimum atomic E-state index is -0.832. The number of non-ortho nitro benzene ring substituents is 1. The fourth-order valence-electron chi connectivity index (χ4n) is 4.64. The van der Waals surface area contributed by atoms with Gasteiger partial charge in [-0.05, 0) is 71.2 Å². The van der Waals surface area contributed by atoms with Crippen LogP contribution >= 0.6 is 15.9 Å². The number of hydrogen-bond donors (Lipinski definition) is 3. The molecule has 3 amide bonds. The SMILES string of the molecule is CCOc1cc(/C=N\NC(=O)COc2ccc([C@H]3NC(=O)NC(C)=C3C(=O)OC)cc2OC)cc(Br)c1Oc1ccc([N+](=O)[O-])cc1[N+](=O)[O-]. The van der Waals surface area contributed by atoms with E-state index in [-0.39, 0.29) is 40.9 Å². The first-order valence-electron chi connectivity index (χ1n) is 14.4. The van der Waals surface area contributed by atoms with E-state index in [2.05, 4.69) is 37.1 Å². The van der Waals surface area contributed by atoms with E-state index in [1.54, 1.807) is 32.0 Å². The molecular formula is C31H29BrN6O12. The van der Waals surface area contributed by atoms with Gasteiger partial charge in [-0.2, -0.15) is 5.10 Å². The molecule has 1 aliphatic heterocycles. The molecular weight excluding hydrogens is 728 g/mol. The first-order valence-corrected chi connectivity index (χ1v) is 15.2. The molecule has 1 atom stereocenters. The van der Waals surface area contributed by atoms with E-state index in [0.717, 1.165) is 18.2 Å². The Labute approximate surface area is 291 Å². The summed E-state index contributed by atoms with van der Waals surface area (Å²) in [5.74, 6) is -0.857. The van der Waals surface area contributed by atoms with Gasteiger partial charge in [0.2, 0.25) is 5.75 Å². The van der Waals surface area contributed by atoms with Crippen LogP contribution in [0.25, 0.3) is 0 Å². The summed E-state index contributed by atoms with van der Waals surface area (Å²) >= 11 is 3.35. The van der Waals surface area contributed by atoms with Crippen molar-refractivity contribution in [2.75, 3.05) is 27.4 Å². The van der Waals surface area contributed by atoms with Crippen molar-refractivity contribution in [2.24, 2.45) is 5.10 Å². The summed E-state index contributed by atoms with van der Waals surface area (Å²) in [5, 5.41) is 31.8. The average molecular weight is 758 g/mol. The lowest BCUT2D eigenvalue weighted by atomic mass is 9.95. The van der Waals surface area contributed by atoms with Crippen LogP contribution in [-0.2, 0) is 14.3 Å². The second-order valence-electron chi connectivity index (χ2n) is 10.1. The largest absolute Gasteiger partial charge is 0.493 e. The quantitative estimate of drug-likeness (QED) is 0.0872. The van der Waals surface area contributed by atoms with Gasteiger partial charge in [-0.1, -0.05) is 6.07 Å². The van der Waals surface area contributed by atoms with Crippen LogP contribution in [-0.4, -0.2) is 61.4 Å². The highest BCUT2D eigenvalue weighted by Crippen LogP contribution is 2.43. The minimum absolute atomic E-state index is 0.0635. The molecule has 1 heterocycles. The standard InChI is InChI=1S/C31H29BrN6O12/c1-5-48-25-11-17(10-20(32)29(25)50-22-9-7-19(37(42)43)13-21(22)38(44)45)14-33-36-26(39)15-49-23-8-6-18(12-24(23)46-3)28-27(30(40)47-4)16(2)34-31(41)35-28/h6-14,28H,5,15H2,1-4H3,(H,36,39)(H2,34,35,41)/b33-14-/t28-/m1/s1. The van der Waals surface area contributed by atoms with E-state index in [4.69, 9.17) is 23.7 Å². The maximum atomic E-state index is 12.5. The number of nitro benzene ring substituents is 2. The third-order valence-corrected chi connectivity index (χ3v) is 7.44. The number of urea groups is 1. The second kappa shape index (κ2) is 16.2. The number of hydrazone groups is 1. The molecule has 3 aromatic rings. The van der Waals surface area contributed by atoms with Crippen molar-refractivity contribution >= 4 is 51.4 Å². The zero-order valence-electron chi connectivity index (χ0n) is 26.8. The number of ether oxygens (including phenoxy) is 5. The maximum absolute atomic E-state index is 12.5. The summed E-state index contributed by atoms with van der Waals surface area (Å²) in [4.78, 5) is 58.2. The Bertz CT molecular complexity index is 1910. The lowest BCUT2D eigenvalue weighted by Crippen LogP contribution is -2.45. The second-order valence-corrected chi connectivity index (χ2v) is 10.9. The predicted octanol–water partition coefficient (Wildman–Crippen LogP) is 4.80. The highest BCUT2D eigenvalue weighted by molar-refractivity contribution is 9.10. The van der Waals surface area contributed by atoms with Crippen LogP contribution in [0.3, 0.4) is 0 Å². The number of nitro groups is 2. The number of hydrogen-bond acceptors (Lipinski definition) is 13. The van der Waals surface area contributed by atoms with E-state index in [1.165, 1.54) is 32.6 Å². The van der Waals surface area contributed by atoms with Crippen LogP contribution in [0.15, 0.2) is 69.4 Å². The third-order valence-electron chi connectivity index (χ3n) is 6.85. The molecule has 0 aromatic heterocycles. The smallest absolute Gasteiger partial charge is 0.337 e. The summed E-state index contributed by atoms with van der Waals surface area (Å²) in [6.07, 6.45) is 1.31. The van der Waals surface area contributed by atoms with Crippen LogP contribution < -0.4 is 35.0 Å². The van der Waals surface area contributed by atoms with Gasteiger partial charge in [0.1, 0.15) is 0 Å². The van der Waals surface area contributed by atoms with Crippen molar-refractivity contribution in [3.05, 3.63) is 95.6 Å². The number of esters is 1. The molecule has 262 valence electrons. The van der Waals surface area contributed by atoms with Crippen LogP contribution in [0.1, 0.15) is 31.0 Å². The van der Waals surface area contributed by atoms with E-state index in [0.29, 0.717) is 21.3 Å². The van der Waals surface area contributed by atoms with Crippen LogP contribution in [0.5, 0.6) is 28.7 Å². The molecule has 0 aliphatic carbocycles. The minimum Gasteiger partial charge on any atom is -0.493 e. The molecule has 0 unspecified atom stereocenters. The molecule has 4 rings (SSSR count). The molecule has 19 heteroatoms. The number of carbonyl (C=O) groups excluding carboxylic acids is 3. The number of benzene rings is 3. The van der Waals surface area contributed by atoms with Crippen LogP contribution in [0.4, 0.5) is 16.2 Å². The van der Waals surface area contributed by atoms with E-state index >= 15 is 0 Å². The van der Waals surface area contributed by atoms with Gasteiger partial charge in [0.25, 0.3) is 11.6 Å². The summed E-state index contributed by atoms with van der Waals surface area (Å²) in [7, 11) is 2.62. The molecule has 0 radical (unpaired) electrons. The van der Waals surface area contributed by atoms with Gasteiger partial charge in [0, 0.05) is 11.8 Å². The topological polar surface area (TPSA) is 232 Å². The third kappa shape index (κ3) is 8.61. The zero-order valence-corrected chi connectivity index (χ0v) is 28.4. The zero-order chi connectivity index (χ0) is 36.5. The van der Waals surface area contributed by atoms with Crippen molar-refractivity contribution < 1.29 is 47.9 Å². The maximum Gasteiger partial charge on any atom is 0.337 e. The van der Waals surface area contributed by atoms with Gasteiger partial charge >= 0.3 is 17.7 Å². The number of methoxy groups -OCH3 is 2. The molecule has 3 aromatic carbocycles. The Balaban J connectivity index is 1.44. The molecule has 3 N–H and O–H groups in total. The van der Waals surface area contributed by atoms with E-state index in [1.807, 2.05) is 0 Å². The molecule has 50 heavy (non-hydrogen) atoms. The van der Waals surface area contributed by atoms with Crippen molar-refractivity contribution in [1.29, 1.82) is 0 Å². The lowest BCUT2D eigenvalue weighted by molar-refractivity contribution is -0.394. The summed E-state index contributed by atoms with van der Waals surface area (Å²) < 4.78 is 27.6. The molecule has 0 fully saturated rings. The molecule has 0 bridgehead atoms. The summed E-state index contributed by atoms with van der Waals surface area (Å²) in [6, 6.07) is 9.36. The van der Waals surface area contributed by atoms with Gasteiger partial charge in [0.05, 0.1) is 59.0 Å². The molecule has 0 saturated heterocycles. The summed E-state index contributed by atoms with van der Waals surface area (Å²) in [6.45, 7) is 3.02. The van der Waals surface area contributed by atoms with Gasteiger partial charge in [-0.25, -0.2) is 15.0 Å². The Hall–Kier alpha value is -6.24. The Kier molecular flexibility index (Phi) is 11.9.